The number of aliphatic hydroxyl groups excluding tert-OH is 4. The largest absolute Gasteiger partial charge is 0.479 e. The van der Waals surface area contributed by atoms with E-state index in [1.807, 2.05) is 0 Å². The second-order valence-electron chi connectivity index (χ2n) is 9.68. The average molecular weight is 639 g/mol. The molecule has 2 saturated heterocycles. The van der Waals surface area contributed by atoms with E-state index in [1.165, 1.54) is 16.4 Å². The Labute approximate surface area is 250 Å². The van der Waals surface area contributed by atoms with Gasteiger partial charge in [-0.3, -0.25) is 14.5 Å². The van der Waals surface area contributed by atoms with Crippen LogP contribution in [0.25, 0.3) is 0 Å². The lowest BCUT2D eigenvalue weighted by Gasteiger charge is -2.50. The van der Waals surface area contributed by atoms with E-state index >= 15 is 0 Å². The SMILES string of the molecule is Cn1nnnc1SCC1=C(C(=O)OC2OC(C(=O)O)C(O)C(O)C2O)N2C(=O)[C@@H](NC(=O)[C@H](O)c3ccccc3)[C@H]2SC1. The number of aliphatic carboxylic acids is 1. The Hall–Kier alpha value is -3.59. The number of hydrogen-bond donors (Lipinski definition) is 6. The van der Waals surface area contributed by atoms with Crippen LogP contribution in [0, 0.1) is 0 Å². The molecule has 0 saturated carbocycles. The first kappa shape index (κ1) is 30.9. The molecule has 2 amide bonds. The number of hydrogen-bond acceptors (Lipinski definition) is 15. The van der Waals surface area contributed by atoms with E-state index in [1.54, 1.807) is 37.4 Å². The molecule has 6 N–H and O–H groups in total. The summed E-state index contributed by atoms with van der Waals surface area (Å²) in [7, 11) is 1.61. The lowest BCUT2D eigenvalue weighted by Crippen LogP contribution is -2.71. The molecule has 4 heterocycles. The number of aryl methyl sites for hydroxylation is 1. The number of aliphatic hydroxyl groups is 4. The highest BCUT2D eigenvalue weighted by Crippen LogP contribution is 2.42. The van der Waals surface area contributed by atoms with Gasteiger partial charge >= 0.3 is 11.9 Å². The lowest BCUT2D eigenvalue weighted by atomic mass is 9.99. The van der Waals surface area contributed by atoms with Gasteiger partial charge in [-0.2, -0.15) is 0 Å². The van der Waals surface area contributed by atoms with Crippen LogP contribution in [0.3, 0.4) is 0 Å². The second kappa shape index (κ2) is 12.6. The fraction of sp³-hybridized carbons (Fsp3) is 0.458. The molecule has 3 aliphatic heterocycles. The number of carbonyl (C=O) groups excluding carboxylic acids is 3. The quantitative estimate of drug-likeness (QED) is 0.0917. The maximum Gasteiger partial charge on any atom is 0.357 e. The maximum atomic E-state index is 13.5. The zero-order valence-electron chi connectivity index (χ0n) is 22.2. The van der Waals surface area contributed by atoms with Crippen molar-refractivity contribution in [2.24, 2.45) is 7.05 Å². The number of ether oxygens (including phenoxy) is 2. The van der Waals surface area contributed by atoms with Gasteiger partial charge in [0.15, 0.2) is 12.2 Å². The summed E-state index contributed by atoms with van der Waals surface area (Å²) in [5.41, 5.74) is 0.468. The molecule has 2 aromatic rings. The van der Waals surface area contributed by atoms with Gasteiger partial charge in [0.1, 0.15) is 35.4 Å². The summed E-state index contributed by atoms with van der Waals surface area (Å²) in [6.07, 6.45) is -11.6. The Morgan fingerprint density at radius 3 is 2.56 bits per heavy atom. The lowest BCUT2D eigenvalue weighted by molar-refractivity contribution is -0.285. The molecule has 5 unspecified atom stereocenters. The molecule has 3 aliphatic rings. The molecule has 8 atom stereocenters. The van der Waals surface area contributed by atoms with Crippen molar-refractivity contribution in [1.29, 1.82) is 0 Å². The molecule has 0 spiro atoms. The van der Waals surface area contributed by atoms with E-state index in [4.69, 9.17) is 9.47 Å². The number of rotatable bonds is 9. The third kappa shape index (κ3) is 5.96. The number of amides is 2. The number of tetrazole rings is 1. The smallest absolute Gasteiger partial charge is 0.357 e. The Kier molecular flexibility index (Phi) is 9.02. The second-order valence-corrected chi connectivity index (χ2v) is 11.7. The van der Waals surface area contributed by atoms with Gasteiger partial charge in [0.25, 0.3) is 11.8 Å². The molecule has 43 heavy (non-hydrogen) atoms. The van der Waals surface area contributed by atoms with E-state index in [0.29, 0.717) is 16.3 Å². The van der Waals surface area contributed by atoms with Crippen LogP contribution in [0.2, 0.25) is 0 Å². The van der Waals surface area contributed by atoms with Crippen LogP contribution in [0.15, 0.2) is 46.8 Å². The fourth-order valence-electron chi connectivity index (χ4n) is 4.61. The van der Waals surface area contributed by atoms with Crippen molar-refractivity contribution in [3.8, 4) is 0 Å². The number of nitrogens with one attached hydrogen (secondary N) is 1. The molecule has 0 radical (unpaired) electrons. The summed E-state index contributed by atoms with van der Waals surface area (Å²) < 4.78 is 11.7. The van der Waals surface area contributed by atoms with Crippen LogP contribution >= 0.6 is 23.5 Å². The predicted molar refractivity (Wildman–Crippen MR) is 143 cm³/mol. The average Bonchev–Trinajstić information content (AvgIpc) is 3.42. The number of carboxylic acids is 1. The number of carboxylic acid groups (broad SMARTS) is 1. The molecule has 1 aromatic heterocycles. The highest BCUT2D eigenvalue weighted by atomic mass is 32.2. The third-order valence-electron chi connectivity index (χ3n) is 6.89. The molecule has 0 aliphatic carbocycles. The van der Waals surface area contributed by atoms with Gasteiger partial charge < -0.3 is 40.3 Å². The number of thioether (sulfide) groups is 2. The monoisotopic (exact) mass is 638 g/mol. The Bertz CT molecular complexity index is 1440. The molecule has 19 heteroatoms. The van der Waals surface area contributed by atoms with Gasteiger partial charge in [-0.15, -0.1) is 16.9 Å². The summed E-state index contributed by atoms with van der Waals surface area (Å²) in [6, 6.07) is 7.00. The molecule has 0 bridgehead atoms. The molecule has 230 valence electrons. The zero-order valence-corrected chi connectivity index (χ0v) is 23.8. The highest BCUT2D eigenvalue weighted by Gasteiger charge is 2.56. The maximum absolute atomic E-state index is 13.5. The number of carbonyl (C=O) groups is 4. The number of β-lactam (4-membered cyclic amide) rings is 1. The third-order valence-corrected chi connectivity index (χ3v) is 9.33. The predicted octanol–water partition coefficient (Wildman–Crippen LogP) is -2.87. The topological polar surface area (TPSA) is 247 Å². The zero-order chi connectivity index (χ0) is 31.0. The minimum atomic E-state index is -2.02. The van der Waals surface area contributed by atoms with Gasteiger partial charge in [-0.25, -0.2) is 14.3 Å². The number of benzene rings is 1. The van der Waals surface area contributed by atoms with Crippen molar-refractivity contribution < 1.29 is 54.2 Å². The van der Waals surface area contributed by atoms with Crippen molar-refractivity contribution in [2.45, 2.75) is 53.4 Å². The van der Waals surface area contributed by atoms with Crippen LogP contribution in [0.5, 0.6) is 0 Å². The molecule has 17 nitrogen and oxygen atoms in total. The van der Waals surface area contributed by atoms with E-state index in [2.05, 4.69) is 20.8 Å². The van der Waals surface area contributed by atoms with Gasteiger partial charge in [-0.1, -0.05) is 42.1 Å². The van der Waals surface area contributed by atoms with Gasteiger partial charge in [0.05, 0.1) is 0 Å². The number of nitrogens with zero attached hydrogens (tertiary/aromatic N) is 5. The first-order valence-electron chi connectivity index (χ1n) is 12.7. The van der Waals surface area contributed by atoms with Crippen LogP contribution in [0.4, 0.5) is 0 Å². The summed E-state index contributed by atoms with van der Waals surface area (Å²) in [4.78, 5) is 52.2. The van der Waals surface area contributed by atoms with Gasteiger partial charge in [0.2, 0.25) is 11.4 Å². The first-order chi connectivity index (χ1) is 20.5. The minimum Gasteiger partial charge on any atom is -0.479 e. The number of aromatic nitrogens is 4. The van der Waals surface area contributed by atoms with Crippen molar-refractivity contribution in [1.82, 2.24) is 30.4 Å². The Balaban J connectivity index is 1.37. The summed E-state index contributed by atoms with van der Waals surface area (Å²) in [5, 5.41) is 63.5. The summed E-state index contributed by atoms with van der Waals surface area (Å²) in [6.45, 7) is 0. The first-order valence-corrected chi connectivity index (χ1v) is 14.7. The minimum absolute atomic E-state index is 0.110. The number of fused-ring (bicyclic) bond motifs is 1. The Morgan fingerprint density at radius 1 is 1.19 bits per heavy atom. The molecular formula is C24H26N6O11S2. The summed E-state index contributed by atoms with van der Waals surface area (Å²) >= 11 is 2.39. The molecule has 5 rings (SSSR count). The van der Waals surface area contributed by atoms with E-state index in [9.17, 15) is 44.7 Å². The van der Waals surface area contributed by atoms with Crippen LogP contribution in [-0.4, -0.2) is 128 Å². The van der Waals surface area contributed by atoms with E-state index < -0.39 is 72.0 Å². The highest BCUT2D eigenvalue weighted by molar-refractivity contribution is 8.01. The molecule has 1 aromatic carbocycles. The van der Waals surface area contributed by atoms with Gasteiger partial charge in [-0.05, 0) is 21.6 Å². The standard InChI is InChI=1S/C24H26N6O11S2/c1-29-24(26-27-28-29)43-8-10-7-42-20-11(25-18(35)13(31)9-5-3-2-4-6-9)19(36)30(20)12(10)22(39)41-23-16(34)14(32)15(33)17(40-23)21(37)38/h2-6,11,13-17,20,23,31-34H,7-8H2,1H3,(H,25,35)(H,37,38)/t11-,13-,14?,15?,16?,17?,20-,23?/m1/s1. The van der Waals surface area contributed by atoms with Crippen molar-refractivity contribution in [3.05, 3.63) is 47.2 Å². The normalized spacial score (nSPS) is 29.4. The van der Waals surface area contributed by atoms with Crippen molar-refractivity contribution in [3.63, 3.8) is 0 Å². The van der Waals surface area contributed by atoms with Crippen LogP contribution < -0.4 is 5.32 Å². The molecular weight excluding hydrogens is 612 g/mol. The summed E-state index contributed by atoms with van der Waals surface area (Å²) in [5.74, 6) is -4.07. The van der Waals surface area contributed by atoms with E-state index in [-0.39, 0.29) is 17.2 Å². The van der Waals surface area contributed by atoms with Crippen LogP contribution in [-0.2, 0) is 35.7 Å². The van der Waals surface area contributed by atoms with Crippen molar-refractivity contribution >= 4 is 47.3 Å². The molecule has 2 fully saturated rings. The van der Waals surface area contributed by atoms with Gasteiger partial charge in [0, 0.05) is 18.6 Å². The fourth-order valence-corrected chi connectivity index (χ4v) is 6.94. The van der Waals surface area contributed by atoms with E-state index in [0.717, 1.165) is 16.7 Å². The Morgan fingerprint density at radius 2 is 1.91 bits per heavy atom. The van der Waals surface area contributed by atoms with Crippen LogP contribution in [0.1, 0.15) is 11.7 Å². The number of esters is 1. The van der Waals surface area contributed by atoms with Crippen molar-refractivity contribution in [2.75, 3.05) is 11.5 Å².